The van der Waals surface area contributed by atoms with Gasteiger partial charge in [-0.3, -0.25) is 9.48 Å². The lowest BCUT2D eigenvalue weighted by molar-refractivity contribution is 0.0938. The van der Waals surface area contributed by atoms with Gasteiger partial charge in [-0.2, -0.15) is 5.10 Å². The summed E-state index contributed by atoms with van der Waals surface area (Å²) >= 11 is 0. The molecule has 16 heavy (non-hydrogen) atoms. The highest BCUT2D eigenvalue weighted by Gasteiger charge is 2.12. The van der Waals surface area contributed by atoms with Gasteiger partial charge >= 0.3 is 0 Å². The molecule has 90 valence electrons. The van der Waals surface area contributed by atoms with Crippen molar-refractivity contribution < 1.29 is 9.53 Å². The number of hydrogen-bond donors (Lipinski definition) is 2. The average molecular weight is 226 g/mol. The van der Waals surface area contributed by atoms with E-state index in [0.29, 0.717) is 31.2 Å². The van der Waals surface area contributed by atoms with Crippen molar-refractivity contribution >= 4 is 11.7 Å². The minimum absolute atomic E-state index is 0.151. The molecule has 0 aliphatic carbocycles. The Kier molecular flexibility index (Phi) is 4.78. The van der Waals surface area contributed by atoms with Crippen LogP contribution in [0.3, 0.4) is 0 Å². The number of rotatable bonds is 6. The first-order chi connectivity index (χ1) is 7.69. The molecule has 1 aromatic heterocycles. The zero-order valence-electron chi connectivity index (χ0n) is 9.69. The van der Waals surface area contributed by atoms with Gasteiger partial charge in [0.25, 0.3) is 5.91 Å². The molecular weight excluding hydrogens is 208 g/mol. The van der Waals surface area contributed by atoms with E-state index in [9.17, 15) is 4.79 Å². The van der Waals surface area contributed by atoms with E-state index in [1.807, 2.05) is 6.92 Å². The van der Waals surface area contributed by atoms with Crippen molar-refractivity contribution in [2.45, 2.75) is 19.9 Å². The molecule has 0 atom stereocenters. The first-order valence-corrected chi connectivity index (χ1v) is 5.29. The van der Waals surface area contributed by atoms with Crippen molar-refractivity contribution in [3.63, 3.8) is 0 Å². The molecule has 0 saturated heterocycles. The monoisotopic (exact) mass is 226 g/mol. The van der Waals surface area contributed by atoms with Crippen LogP contribution in [0.1, 0.15) is 23.8 Å². The topological polar surface area (TPSA) is 82.2 Å². The van der Waals surface area contributed by atoms with Gasteiger partial charge in [0, 0.05) is 32.9 Å². The van der Waals surface area contributed by atoms with Crippen LogP contribution in [0.15, 0.2) is 6.07 Å². The number of carbonyl (C=O) groups is 1. The summed E-state index contributed by atoms with van der Waals surface area (Å²) in [5.41, 5.74) is 6.03. The number of aromatic nitrogens is 2. The summed E-state index contributed by atoms with van der Waals surface area (Å²) in [5.74, 6) is 0.214. The van der Waals surface area contributed by atoms with Crippen molar-refractivity contribution in [1.29, 1.82) is 0 Å². The third-order valence-corrected chi connectivity index (χ3v) is 2.14. The molecule has 0 aliphatic heterocycles. The SMILES string of the molecule is CCn1nc(N)cc1C(=O)NCCCOC. The van der Waals surface area contributed by atoms with E-state index < -0.39 is 0 Å². The number of amides is 1. The maximum atomic E-state index is 11.7. The minimum Gasteiger partial charge on any atom is -0.385 e. The van der Waals surface area contributed by atoms with Gasteiger partial charge in [0.1, 0.15) is 11.5 Å². The largest absolute Gasteiger partial charge is 0.385 e. The molecule has 3 N–H and O–H groups in total. The predicted molar refractivity (Wildman–Crippen MR) is 61.1 cm³/mol. The zero-order chi connectivity index (χ0) is 12.0. The van der Waals surface area contributed by atoms with E-state index in [-0.39, 0.29) is 5.91 Å². The van der Waals surface area contributed by atoms with Gasteiger partial charge in [0.05, 0.1) is 0 Å². The molecule has 0 aromatic carbocycles. The number of ether oxygens (including phenoxy) is 1. The Morgan fingerprint density at radius 1 is 1.69 bits per heavy atom. The van der Waals surface area contributed by atoms with Crippen LogP contribution in [0.25, 0.3) is 0 Å². The Labute approximate surface area is 94.8 Å². The van der Waals surface area contributed by atoms with Crippen molar-refractivity contribution in [3.05, 3.63) is 11.8 Å². The highest BCUT2D eigenvalue weighted by Crippen LogP contribution is 2.05. The molecule has 0 unspecified atom stereocenters. The fourth-order valence-corrected chi connectivity index (χ4v) is 1.37. The molecule has 0 bridgehead atoms. The Balaban J connectivity index is 2.51. The number of nitrogens with one attached hydrogen (secondary N) is 1. The van der Waals surface area contributed by atoms with Crippen LogP contribution in [0.2, 0.25) is 0 Å². The molecule has 6 nitrogen and oxygen atoms in total. The maximum Gasteiger partial charge on any atom is 0.269 e. The summed E-state index contributed by atoms with van der Waals surface area (Å²) in [6.07, 6.45) is 0.790. The highest BCUT2D eigenvalue weighted by atomic mass is 16.5. The normalized spacial score (nSPS) is 10.4. The second-order valence-corrected chi connectivity index (χ2v) is 3.37. The summed E-state index contributed by atoms with van der Waals surface area (Å²) in [7, 11) is 1.63. The number of hydrogen-bond acceptors (Lipinski definition) is 4. The van der Waals surface area contributed by atoms with E-state index in [0.717, 1.165) is 6.42 Å². The summed E-state index contributed by atoms with van der Waals surface area (Å²) in [4.78, 5) is 11.7. The fraction of sp³-hybridized carbons (Fsp3) is 0.600. The Morgan fingerprint density at radius 3 is 3.06 bits per heavy atom. The van der Waals surface area contributed by atoms with Crippen molar-refractivity contribution in [3.8, 4) is 0 Å². The predicted octanol–water partition coefficient (Wildman–Crippen LogP) is 0.251. The summed E-state index contributed by atoms with van der Waals surface area (Å²) in [6, 6.07) is 1.58. The van der Waals surface area contributed by atoms with E-state index >= 15 is 0 Å². The van der Waals surface area contributed by atoms with Gasteiger partial charge in [-0.1, -0.05) is 0 Å². The number of nitrogens with zero attached hydrogens (tertiary/aromatic N) is 2. The van der Waals surface area contributed by atoms with Gasteiger partial charge in [0.15, 0.2) is 0 Å². The first-order valence-electron chi connectivity index (χ1n) is 5.29. The van der Waals surface area contributed by atoms with Gasteiger partial charge in [-0.25, -0.2) is 0 Å². The highest BCUT2D eigenvalue weighted by molar-refractivity contribution is 5.93. The summed E-state index contributed by atoms with van der Waals surface area (Å²) in [6.45, 7) is 3.75. The van der Waals surface area contributed by atoms with E-state index in [2.05, 4.69) is 10.4 Å². The molecule has 0 radical (unpaired) electrons. The number of nitrogen functional groups attached to an aromatic ring is 1. The van der Waals surface area contributed by atoms with Crippen LogP contribution >= 0.6 is 0 Å². The molecular formula is C10H18N4O2. The molecule has 0 spiro atoms. The lowest BCUT2D eigenvalue weighted by Crippen LogP contribution is -2.27. The van der Waals surface area contributed by atoms with Crippen LogP contribution in [-0.2, 0) is 11.3 Å². The average Bonchev–Trinajstić information content (AvgIpc) is 2.65. The van der Waals surface area contributed by atoms with Gasteiger partial charge < -0.3 is 15.8 Å². The zero-order valence-corrected chi connectivity index (χ0v) is 9.69. The van der Waals surface area contributed by atoms with Crippen molar-refractivity contribution in [2.75, 3.05) is 26.0 Å². The van der Waals surface area contributed by atoms with Crippen LogP contribution in [0.5, 0.6) is 0 Å². The molecule has 0 fully saturated rings. The Bertz CT molecular complexity index is 349. The third kappa shape index (κ3) is 3.23. The molecule has 1 aromatic rings. The number of methoxy groups -OCH3 is 1. The second-order valence-electron chi connectivity index (χ2n) is 3.37. The number of nitrogens with two attached hydrogens (primary N) is 1. The minimum atomic E-state index is -0.151. The molecule has 0 aliphatic rings. The number of anilines is 1. The molecule has 1 heterocycles. The van der Waals surface area contributed by atoms with Crippen LogP contribution in [0, 0.1) is 0 Å². The van der Waals surface area contributed by atoms with E-state index in [1.54, 1.807) is 17.9 Å². The summed E-state index contributed by atoms with van der Waals surface area (Å²) in [5, 5.41) is 6.79. The lowest BCUT2D eigenvalue weighted by atomic mass is 10.3. The molecule has 1 rings (SSSR count). The van der Waals surface area contributed by atoms with Gasteiger partial charge in [-0.05, 0) is 13.3 Å². The smallest absolute Gasteiger partial charge is 0.269 e. The van der Waals surface area contributed by atoms with E-state index in [1.165, 1.54) is 0 Å². The Morgan fingerprint density at radius 2 is 2.44 bits per heavy atom. The second kappa shape index (κ2) is 6.12. The van der Waals surface area contributed by atoms with Crippen LogP contribution in [-0.4, -0.2) is 35.9 Å². The van der Waals surface area contributed by atoms with Crippen LogP contribution < -0.4 is 11.1 Å². The lowest BCUT2D eigenvalue weighted by Gasteiger charge is -2.05. The maximum absolute atomic E-state index is 11.7. The van der Waals surface area contributed by atoms with Gasteiger partial charge in [-0.15, -0.1) is 0 Å². The van der Waals surface area contributed by atoms with Crippen molar-refractivity contribution in [1.82, 2.24) is 15.1 Å². The van der Waals surface area contributed by atoms with E-state index in [4.69, 9.17) is 10.5 Å². The molecule has 6 heteroatoms. The number of carbonyl (C=O) groups excluding carboxylic acids is 1. The quantitative estimate of drug-likeness (QED) is 0.681. The van der Waals surface area contributed by atoms with Crippen molar-refractivity contribution in [2.24, 2.45) is 0 Å². The standard InChI is InChI=1S/C10H18N4O2/c1-3-14-8(7-9(11)13-14)10(15)12-5-4-6-16-2/h7H,3-6H2,1-2H3,(H2,11,13)(H,12,15). The summed E-state index contributed by atoms with van der Waals surface area (Å²) < 4.78 is 6.47. The fourth-order valence-electron chi connectivity index (χ4n) is 1.37. The molecule has 0 saturated carbocycles. The Hall–Kier alpha value is -1.56. The number of aryl methyl sites for hydroxylation is 1. The van der Waals surface area contributed by atoms with Crippen LogP contribution in [0.4, 0.5) is 5.82 Å². The molecule has 1 amide bonds. The first kappa shape index (κ1) is 12.5. The third-order valence-electron chi connectivity index (χ3n) is 2.14. The van der Waals surface area contributed by atoms with Gasteiger partial charge in [0.2, 0.25) is 0 Å².